The molecular formula is C24H18N6O. The van der Waals surface area contributed by atoms with Crippen molar-refractivity contribution < 1.29 is 4.79 Å². The number of anilines is 4. The summed E-state index contributed by atoms with van der Waals surface area (Å²) in [4.78, 5) is 27.5. The normalized spacial score (nSPS) is 10.2. The number of aryl methyl sites for hydroxylation is 1. The SMILES string of the molecule is Cc1ccc(NC(=O)c2ccc(C#N)cc2)cc1N(c1ccncc1)c1ncccn1. The summed E-state index contributed by atoms with van der Waals surface area (Å²) in [5, 5.41) is 11.8. The highest BCUT2D eigenvalue weighted by molar-refractivity contribution is 6.04. The first kappa shape index (κ1) is 19.7. The fourth-order valence-electron chi connectivity index (χ4n) is 3.09. The Morgan fingerprint density at radius 2 is 1.68 bits per heavy atom. The van der Waals surface area contributed by atoms with Gasteiger partial charge in [0.1, 0.15) is 0 Å². The molecule has 1 N–H and O–H groups in total. The zero-order valence-electron chi connectivity index (χ0n) is 16.7. The van der Waals surface area contributed by atoms with E-state index in [-0.39, 0.29) is 5.91 Å². The van der Waals surface area contributed by atoms with Gasteiger partial charge in [-0.2, -0.15) is 5.26 Å². The Balaban J connectivity index is 1.70. The van der Waals surface area contributed by atoms with E-state index in [1.54, 1.807) is 55.1 Å². The molecule has 0 bridgehead atoms. The highest BCUT2D eigenvalue weighted by Crippen LogP contribution is 2.35. The molecule has 2 heterocycles. The first-order chi connectivity index (χ1) is 15.2. The van der Waals surface area contributed by atoms with Crippen LogP contribution in [-0.4, -0.2) is 20.9 Å². The third-order valence-corrected chi connectivity index (χ3v) is 4.66. The Hall–Kier alpha value is -4.57. The fourth-order valence-corrected chi connectivity index (χ4v) is 3.09. The summed E-state index contributed by atoms with van der Waals surface area (Å²) >= 11 is 0. The van der Waals surface area contributed by atoms with Crippen molar-refractivity contribution in [3.05, 3.63) is 102 Å². The van der Waals surface area contributed by atoms with Crippen LogP contribution in [0.5, 0.6) is 0 Å². The van der Waals surface area contributed by atoms with E-state index in [1.807, 2.05) is 48.2 Å². The smallest absolute Gasteiger partial charge is 0.255 e. The van der Waals surface area contributed by atoms with Crippen LogP contribution in [0.25, 0.3) is 0 Å². The van der Waals surface area contributed by atoms with E-state index in [0.717, 1.165) is 16.9 Å². The predicted octanol–water partition coefficient (Wildman–Crippen LogP) is 4.77. The summed E-state index contributed by atoms with van der Waals surface area (Å²) in [6, 6.07) is 19.7. The minimum atomic E-state index is -0.259. The van der Waals surface area contributed by atoms with Crippen molar-refractivity contribution in [2.45, 2.75) is 6.92 Å². The minimum Gasteiger partial charge on any atom is -0.322 e. The Bertz CT molecular complexity index is 1200. The molecule has 0 saturated carbocycles. The second-order valence-electron chi connectivity index (χ2n) is 6.73. The molecule has 31 heavy (non-hydrogen) atoms. The van der Waals surface area contributed by atoms with Gasteiger partial charge >= 0.3 is 0 Å². The van der Waals surface area contributed by atoms with Gasteiger partial charge in [0, 0.05) is 36.0 Å². The summed E-state index contributed by atoms with van der Waals surface area (Å²) in [5.41, 5.74) is 4.27. The Morgan fingerprint density at radius 1 is 0.968 bits per heavy atom. The Kier molecular flexibility index (Phi) is 5.63. The zero-order chi connectivity index (χ0) is 21.6. The van der Waals surface area contributed by atoms with Crippen molar-refractivity contribution in [3.63, 3.8) is 0 Å². The molecule has 0 saturated heterocycles. The van der Waals surface area contributed by atoms with Crippen LogP contribution in [0, 0.1) is 18.3 Å². The van der Waals surface area contributed by atoms with E-state index >= 15 is 0 Å². The van der Waals surface area contributed by atoms with Gasteiger partial charge in [0.25, 0.3) is 5.91 Å². The first-order valence-corrected chi connectivity index (χ1v) is 9.55. The van der Waals surface area contributed by atoms with Crippen molar-refractivity contribution in [1.29, 1.82) is 5.26 Å². The molecule has 0 spiro atoms. The molecule has 7 heteroatoms. The van der Waals surface area contributed by atoms with Crippen LogP contribution in [0.2, 0.25) is 0 Å². The summed E-state index contributed by atoms with van der Waals surface area (Å²) in [6.45, 7) is 1.98. The second kappa shape index (κ2) is 8.84. The van der Waals surface area contributed by atoms with E-state index in [4.69, 9.17) is 5.26 Å². The van der Waals surface area contributed by atoms with Gasteiger partial charge in [-0.3, -0.25) is 14.7 Å². The van der Waals surface area contributed by atoms with Crippen molar-refractivity contribution in [1.82, 2.24) is 15.0 Å². The van der Waals surface area contributed by atoms with Gasteiger partial charge in [-0.1, -0.05) is 6.07 Å². The van der Waals surface area contributed by atoms with E-state index in [2.05, 4.69) is 20.3 Å². The minimum absolute atomic E-state index is 0.259. The van der Waals surface area contributed by atoms with E-state index in [9.17, 15) is 4.79 Å². The van der Waals surface area contributed by atoms with E-state index in [1.165, 1.54) is 0 Å². The lowest BCUT2D eigenvalue weighted by Gasteiger charge is -2.25. The lowest BCUT2D eigenvalue weighted by molar-refractivity contribution is 0.102. The predicted molar refractivity (Wildman–Crippen MR) is 118 cm³/mol. The van der Waals surface area contributed by atoms with Crippen LogP contribution in [0.4, 0.5) is 23.0 Å². The molecule has 2 aromatic carbocycles. The lowest BCUT2D eigenvalue weighted by atomic mass is 10.1. The van der Waals surface area contributed by atoms with Crippen LogP contribution >= 0.6 is 0 Å². The molecule has 0 aliphatic carbocycles. The van der Waals surface area contributed by atoms with Gasteiger partial charge in [-0.15, -0.1) is 0 Å². The number of hydrogen-bond acceptors (Lipinski definition) is 6. The number of rotatable bonds is 5. The summed E-state index contributed by atoms with van der Waals surface area (Å²) < 4.78 is 0. The number of nitriles is 1. The number of nitrogens with zero attached hydrogens (tertiary/aromatic N) is 5. The maximum absolute atomic E-state index is 12.7. The quantitative estimate of drug-likeness (QED) is 0.513. The number of hydrogen-bond donors (Lipinski definition) is 1. The Morgan fingerprint density at radius 3 is 2.35 bits per heavy atom. The van der Waals surface area contributed by atoms with Gasteiger partial charge in [0.05, 0.1) is 23.0 Å². The van der Waals surface area contributed by atoms with Gasteiger partial charge < -0.3 is 5.32 Å². The van der Waals surface area contributed by atoms with Crippen LogP contribution in [-0.2, 0) is 0 Å². The highest BCUT2D eigenvalue weighted by atomic mass is 16.1. The molecule has 0 atom stereocenters. The van der Waals surface area contributed by atoms with Gasteiger partial charge in [0.15, 0.2) is 0 Å². The molecular weight excluding hydrogens is 388 g/mol. The average molecular weight is 406 g/mol. The van der Waals surface area contributed by atoms with E-state index < -0.39 is 0 Å². The van der Waals surface area contributed by atoms with Crippen molar-refractivity contribution in [2.75, 3.05) is 10.2 Å². The molecule has 7 nitrogen and oxygen atoms in total. The highest BCUT2D eigenvalue weighted by Gasteiger charge is 2.18. The molecule has 0 aliphatic heterocycles. The average Bonchev–Trinajstić information content (AvgIpc) is 2.82. The Labute approximate surface area is 179 Å². The maximum atomic E-state index is 12.7. The fraction of sp³-hybridized carbons (Fsp3) is 0.0417. The van der Waals surface area contributed by atoms with Crippen LogP contribution in [0.1, 0.15) is 21.5 Å². The van der Waals surface area contributed by atoms with Gasteiger partial charge in [-0.05, 0) is 67.1 Å². The molecule has 4 aromatic rings. The number of nitrogens with one attached hydrogen (secondary N) is 1. The summed E-state index contributed by atoms with van der Waals surface area (Å²) in [6.07, 6.45) is 6.78. The van der Waals surface area contributed by atoms with E-state index in [0.29, 0.717) is 22.8 Å². The molecule has 0 fully saturated rings. The van der Waals surface area contributed by atoms with Crippen LogP contribution in [0.15, 0.2) is 85.5 Å². The number of amides is 1. The topological polar surface area (TPSA) is 94.8 Å². The van der Waals surface area contributed by atoms with Gasteiger partial charge in [-0.25, -0.2) is 9.97 Å². The zero-order valence-corrected chi connectivity index (χ0v) is 16.7. The molecule has 0 unspecified atom stereocenters. The summed E-state index contributed by atoms with van der Waals surface area (Å²) in [7, 11) is 0. The second-order valence-corrected chi connectivity index (χ2v) is 6.73. The molecule has 150 valence electrons. The number of benzene rings is 2. The standard InChI is InChI=1S/C24H18N6O/c1-17-3-8-20(29-23(31)19-6-4-18(16-25)5-7-19)15-22(17)30(21-9-13-26-14-10-21)24-27-11-2-12-28-24/h2-15H,1H3,(H,29,31). The number of pyridine rings is 1. The number of aromatic nitrogens is 3. The largest absolute Gasteiger partial charge is 0.322 e. The van der Waals surface area contributed by atoms with Crippen LogP contribution < -0.4 is 10.2 Å². The third kappa shape index (κ3) is 4.38. The first-order valence-electron chi connectivity index (χ1n) is 9.55. The lowest BCUT2D eigenvalue weighted by Crippen LogP contribution is -2.16. The van der Waals surface area contributed by atoms with Crippen molar-refractivity contribution >= 4 is 28.9 Å². The molecule has 2 aromatic heterocycles. The van der Waals surface area contributed by atoms with Crippen LogP contribution in [0.3, 0.4) is 0 Å². The van der Waals surface area contributed by atoms with Gasteiger partial charge in [0.2, 0.25) is 5.95 Å². The number of carbonyl (C=O) groups excluding carboxylic acids is 1. The summed E-state index contributed by atoms with van der Waals surface area (Å²) in [5.74, 6) is 0.248. The van der Waals surface area contributed by atoms with Crippen molar-refractivity contribution in [2.24, 2.45) is 0 Å². The maximum Gasteiger partial charge on any atom is 0.255 e. The number of carbonyl (C=O) groups is 1. The third-order valence-electron chi connectivity index (χ3n) is 4.66. The van der Waals surface area contributed by atoms with Crippen molar-refractivity contribution in [3.8, 4) is 6.07 Å². The molecule has 0 radical (unpaired) electrons. The molecule has 4 rings (SSSR count). The monoisotopic (exact) mass is 406 g/mol. The molecule has 0 aliphatic rings. The molecule has 1 amide bonds.